The highest BCUT2D eigenvalue weighted by molar-refractivity contribution is 6.30. The van der Waals surface area contributed by atoms with Crippen LogP contribution in [-0.4, -0.2) is 17.4 Å². The minimum Gasteiger partial charge on any atom is -0.324 e. The van der Waals surface area contributed by atoms with Crippen LogP contribution in [0.15, 0.2) is 42.7 Å². The van der Waals surface area contributed by atoms with Gasteiger partial charge in [-0.3, -0.25) is 9.78 Å². The molecular weight excluding hydrogens is 274 g/mol. The Bertz CT molecular complexity index is 630. The van der Waals surface area contributed by atoms with Crippen LogP contribution in [-0.2, 0) is 11.3 Å². The first-order chi connectivity index (χ1) is 9.74. The maximum atomic E-state index is 12.4. The number of pyridine rings is 1. The van der Waals surface area contributed by atoms with Gasteiger partial charge in [0.2, 0.25) is 5.91 Å². The lowest BCUT2D eigenvalue weighted by atomic mass is 9.90. The Balaban J connectivity index is 1.83. The van der Waals surface area contributed by atoms with E-state index >= 15 is 0 Å². The van der Waals surface area contributed by atoms with Crippen LogP contribution >= 0.6 is 11.6 Å². The summed E-state index contributed by atoms with van der Waals surface area (Å²) >= 11 is 6.00. The molecule has 0 fully saturated rings. The molecule has 20 heavy (non-hydrogen) atoms. The number of amides is 1. The van der Waals surface area contributed by atoms with Gasteiger partial charge in [-0.25, -0.2) is 0 Å². The quantitative estimate of drug-likeness (QED) is 0.892. The van der Waals surface area contributed by atoms with Crippen LogP contribution in [0.3, 0.4) is 0 Å². The van der Waals surface area contributed by atoms with Gasteiger partial charge in [0.25, 0.3) is 0 Å². The van der Waals surface area contributed by atoms with Gasteiger partial charge in [0.05, 0.1) is 17.8 Å². The third kappa shape index (κ3) is 2.66. The van der Waals surface area contributed by atoms with Crippen molar-refractivity contribution in [3.8, 4) is 0 Å². The Morgan fingerprint density at radius 2 is 2.30 bits per heavy atom. The van der Waals surface area contributed by atoms with E-state index in [0.29, 0.717) is 17.3 Å². The summed E-state index contributed by atoms with van der Waals surface area (Å²) in [7, 11) is 0. The number of nitrogens with zero attached hydrogens (tertiary/aromatic N) is 1. The summed E-state index contributed by atoms with van der Waals surface area (Å²) in [5.74, 6) is -0.245. The van der Waals surface area contributed by atoms with Crippen molar-refractivity contribution in [2.75, 3.05) is 11.9 Å². The van der Waals surface area contributed by atoms with Crippen LogP contribution in [0.5, 0.6) is 0 Å². The van der Waals surface area contributed by atoms with E-state index in [1.165, 1.54) is 0 Å². The van der Waals surface area contributed by atoms with Gasteiger partial charge in [0.15, 0.2) is 0 Å². The fraction of sp³-hybridized carbons (Fsp3) is 0.200. The summed E-state index contributed by atoms with van der Waals surface area (Å²) in [4.78, 5) is 16.4. The molecule has 1 aliphatic heterocycles. The molecule has 0 radical (unpaired) electrons. The normalized spacial score (nSPS) is 17.4. The number of fused-ring (bicyclic) bond motifs is 1. The van der Waals surface area contributed by atoms with Crippen molar-refractivity contribution in [3.05, 3.63) is 58.9 Å². The van der Waals surface area contributed by atoms with Crippen LogP contribution in [0.1, 0.15) is 17.0 Å². The van der Waals surface area contributed by atoms with E-state index in [1.54, 1.807) is 18.5 Å². The predicted molar refractivity (Wildman–Crippen MR) is 78.8 cm³/mol. The van der Waals surface area contributed by atoms with Crippen molar-refractivity contribution in [2.45, 2.75) is 12.5 Å². The van der Waals surface area contributed by atoms with Crippen molar-refractivity contribution in [3.63, 3.8) is 0 Å². The van der Waals surface area contributed by atoms with Gasteiger partial charge < -0.3 is 10.6 Å². The molecule has 1 unspecified atom stereocenters. The fourth-order valence-electron chi connectivity index (χ4n) is 2.43. The minimum absolute atomic E-state index is 0.0335. The molecule has 0 aliphatic carbocycles. The number of anilines is 1. The maximum absolute atomic E-state index is 12.4. The number of hydrogen-bond donors (Lipinski definition) is 2. The average Bonchev–Trinajstić information content (AvgIpc) is 2.47. The molecule has 1 atom stereocenters. The standard InChI is InChI=1S/C15H14ClN3O/c16-11-3-4-13-10(6-11)7-18-9-14(13)15(20)19-12-2-1-5-17-8-12/h1-6,8,14,18H,7,9H2,(H,19,20). The van der Waals surface area contributed by atoms with Crippen molar-refractivity contribution in [1.29, 1.82) is 0 Å². The third-order valence-electron chi connectivity index (χ3n) is 3.39. The zero-order valence-corrected chi connectivity index (χ0v) is 11.5. The predicted octanol–water partition coefficient (Wildman–Crippen LogP) is 2.56. The van der Waals surface area contributed by atoms with Crippen LogP contribution < -0.4 is 10.6 Å². The number of nitrogens with one attached hydrogen (secondary N) is 2. The number of halogens is 1. The summed E-state index contributed by atoms with van der Waals surface area (Å²) in [5.41, 5.74) is 2.82. The van der Waals surface area contributed by atoms with Crippen molar-refractivity contribution >= 4 is 23.2 Å². The molecule has 2 aromatic rings. The summed E-state index contributed by atoms with van der Waals surface area (Å²) in [6.07, 6.45) is 3.31. The fourth-order valence-corrected chi connectivity index (χ4v) is 2.62. The first-order valence-electron chi connectivity index (χ1n) is 6.44. The Morgan fingerprint density at radius 3 is 3.10 bits per heavy atom. The van der Waals surface area contributed by atoms with Crippen LogP contribution in [0, 0.1) is 0 Å². The minimum atomic E-state index is -0.212. The summed E-state index contributed by atoms with van der Waals surface area (Å²) in [6, 6.07) is 9.29. The Labute approximate surface area is 122 Å². The third-order valence-corrected chi connectivity index (χ3v) is 3.63. The average molecular weight is 288 g/mol. The zero-order chi connectivity index (χ0) is 13.9. The van der Waals surface area contributed by atoms with Crippen molar-refractivity contribution < 1.29 is 4.79 Å². The molecule has 102 valence electrons. The van der Waals surface area contributed by atoms with Gasteiger partial charge in [0.1, 0.15) is 0 Å². The maximum Gasteiger partial charge on any atom is 0.233 e. The number of aromatic nitrogens is 1. The number of carbonyl (C=O) groups excluding carboxylic acids is 1. The van der Waals surface area contributed by atoms with E-state index < -0.39 is 0 Å². The lowest BCUT2D eigenvalue weighted by molar-refractivity contribution is -0.117. The molecule has 1 aliphatic rings. The Kier molecular flexibility index (Phi) is 3.67. The molecule has 1 aromatic carbocycles. The second kappa shape index (κ2) is 5.61. The molecule has 4 nitrogen and oxygen atoms in total. The summed E-state index contributed by atoms with van der Waals surface area (Å²) < 4.78 is 0. The Morgan fingerprint density at radius 1 is 1.40 bits per heavy atom. The highest BCUT2D eigenvalue weighted by Gasteiger charge is 2.26. The molecular formula is C15H14ClN3O. The van der Waals surface area contributed by atoms with E-state index in [9.17, 15) is 4.79 Å². The summed E-state index contributed by atoms with van der Waals surface area (Å²) in [5, 5.41) is 6.84. The number of hydrogen-bond acceptors (Lipinski definition) is 3. The molecule has 1 aromatic heterocycles. The zero-order valence-electron chi connectivity index (χ0n) is 10.8. The van der Waals surface area contributed by atoms with E-state index in [0.717, 1.165) is 17.7 Å². The molecule has 1 amide bonds. The van der Waals surface area contributed by atoms with Gasteiger partial charge >= 0.3 is 0 Å². The SMILES string of the molecule is O=C(Nc1cccnc1)C1CNCc2cc(Cl)ccc21. The molecule has 0 saturated carbocycles. The molecule has 2 N–H and O–H groups in total. The van der Waals surface area contributed by atoms with E-state index in [4.69, 9.17) is 11.6 Å². The number of carbonyl (C=O) groups is 1. The monoisotopic (exact) mass is 287 g/mol. The number of rotatable bonds is 2. The van der Waals surface area contributed by atoms with Crippen LogP contribution in [0.25, 0.3) is 0 Å². The molecule has 5 heteroatoms. The molecule has 0 saturated heterocycles. The van der Waals surface area contributed by atoms with Crippen LogP contribution in [0.4, 0.5) is 5.69 Å². The van der Waals surface area contributed by atoms with Gasteiger partial charge in [-0.15, -0.1) is 0 Å². The van der Waals surface area contributed by atoms with Crippen molar-refractivity contribution in [1.82, 2.24) is 10.3 Å². The molecule has 2 heterocycles. The lowest BCUT2D eigenvalue weighted by Gasteiger charge is -2.25. The largest absolute Gasteiger partial charge is 0.324 e. The van der Waals surface area contributed by atoms with Gasteiger partial charge in [0, 0.05) is 24.3 Å². The number of benzene rings is 1. The smallest absolute Gasteiger partial charge is 0.233 e. The highest BCUT2D eigenvalue weighted by Crippen LogP contribution is 2.27. The first-order valence-corrected chi connectivity index (χ1v) is 6.82. The van der Waals surface area contributed by atoms with Crippen molar-refractivity contribution in [2.24, 2.45) is 0 Å². The lowest BCUT2D eigenvalue weighted by Crippen LogP contribution is -2.35. The van der Waals surface area contributed by atoms with Gasteiger partial charge in [-0.1, -0.05) is 17.7 Å². The molecule has 0 bridgehead atoms. The van der Waals surface area contributed by atoms with Gasteiger partial charge in [-0.05, 0) is 35.4 Å². The first kappa shape index (κ1) is 13.1. The topological polar surface area (TPSA) is 54.0 Å². The second-order valence-electron chi connectivity index (χ2n) is 4.76. The van der Waals surface area contributed by atoms with E-state index in [1.807, 2.05) is 24.3 Å². The Hall–Kier alpha value is -1.91. The highest BCUT2D eigenvalue weighted by atomic mass is 35.5. The second-order valence-corrected chi connectivity index (χ2v) is 5.19. The van der Waals surface area contributed by atoms with E-state index in [2.05, 4.69) is 15.6 Å². The molecule has 0 spiro atoms. The van der Waals surface area contributed by atoms with Crippen LogP contribution in [0.2, 0.25) is 5.02 Å². The van der Waals surface area contributed by atoms with Gasteiger partial charge in [-0.2, -0.15) is 0 Å². The van der Waals surface area contributed by atoms with E-state index in [-0.39, 0.29) is 11.8 Å². The summed E-state index contributed by atoms with van der Waals surface area (Å²) in [6.45, 7) is 1.37. The molecule has 3 rings (SSSR count).